The summed E-state index contributed by atoms with van der Waals surface area (Å²) in [6.07, 6.45) is 0.798. The third-order valence-corrected chi connectivity index (χ3v) is 3.35. The van der Waals surface area contributed by atoms with Gasteiger partial charge < -0.3 is 10.2 Å². The van der Waals surface area contributed by atoms with E-state index in [1.165, 1.54) is 16.7 Å². The molecule has 0 aliphatic carbocycles. The Morgan fingerprint density at radius 1 is 1.18 bits per heavy atom. The monoisotopic (exact) mass is 230 g/mol. The highest BCUT2D eigenvalue weighted by atomic mass is 16.4. The lowest BCUT2D eigenvalue weighted by molar-refractivity contribution is 0.530. The van der Waals surface area contributed by atoms with Gasteiger partial charge in [-0.2, -0.15) is 4.98 Å². The first-order valence-electron chi connectivity index (χ1n) is 5.87. The number of rotatable bonds is 2. The van der Waals surface area contributed by atoms with Crippen molar-refractivity contribution < 1.29 is 4.42 Å². The summed E-state index contributed by atoms with van der Waals surface area (Å²) in [6, 6.07) is 4.45. The fourth-order valence-corrected chi connectivity index (χ4v) is 2.03. The van der Waals surface area contributed by atoms with Crippen molar-refractivity contribution in [3.63, 3.8) is 0 Å². The third kappa shape index (κ3) is 1.93. The molecule has 0 amide bonds. The minimum absolute atomic E-state index is 0.245. The Balaban J connectivity index is 2.64. The molecule has 3 heteroatoms. The fraction of sp³-hybridized carbons (Fsp3) is 0.357. The highest BCUT2D eigenvalue weighted by molar-refractivity contribution is 5.68. The van der Waals surface area contributed by atoms with Crippen molar-refractivity contribution >= 4 is 6.01 Å². The maximum absolute atomic E-state index is 5.63. The Morgan fingerprint density at radius 2 is 1.88 bits per heavy atom. The van der Waals surface area contributed by atoms with Gasteiger partial charge in [0.2, 0.25) is 0 Å². The summed E-state index contributed by atoms with van der Waals surface area (Å²) in [5.74, 6) is 0.855. The van der Waals surface area contributed by atoms with Crippen molar-refractivity contribution in [2.45, 2.75) is 34.1 Å². The van der Waals surface area contributed by atoms with Crippen LogP contribution >= 0.6 is 0 Å². The highest BCUT2D eigenvalue weighted by Crippen LogP contribution is 2.30. The van der Waals surface area contributed by atoms with Crippen LogP contribution < -0.4 is 5.73 Å². The Hall–Kier alpha value is -1.77. The van der Waals surface area contributed by atoms with Gasteiger partial charge in [-0.3, -0.25) is 0 Å². The van der Waals surface area contributed by atoms with Crippen molar-refractivity contribution in [2.24, 2.45) is 0 Å². The summed E-state index contributed by atoms with van der Waals surface area (Å²) in [7, 11) is 0. The lowest BCUT2D eigenvalue weighted by atomic mass is 9.96. The molecule has 0 aliphatic rings. The largest absolute Gasteiger partial charge is 0.428 e. The van der Waals surface area contributed by atoms with E-state index < -0.39 is 0 Å². The SMILES string of the molecule is CCc1oc(N)nc1-c1ccc(C)c(C)c1C. The second-order valence-electron chi connectivity index (χ2n) is 4.36. The second kappa shape index (κ2) is 4.24. The molecule has 0 saturated heterocycles. The summed E-state index contributed by atoms with van der Waals surface area (Å²) in [6.45, 7) is 8.40. The normalized spacial score (nSPS) is 10.8. The first-order valence-corrected chi connectivity index (χ1v) is 5.87. The molecule has 1 aromatic heterocycles. The molecule has 90 valence electrons. The van der Waals surface area contributed by atoms with E-state index in [9.17, 15) is 0 Å². The standard InChI is InChI=1S/C14H18N2O/c1-5-12-13(16-14(15)17-12)11-7-6-8(2)9(3)10(11)4/h6-7H,5H2,1-4H3,(H2,15,16). The number of nitrogen functional groups attached to an aromatic ring is 1. The van der Waals surface area contributed by atoms with Crippen LogP contribution in [-0.4, -0.2) is 4.98 Å². The van der Waals surface area contributed by atoms with Crippen LogP contribution in [0, 0.1) is 20.8 Å². The van der Waals surface area contributed by atoms with Crippen molar-refractivity contribution in [2.75, 3.05) is 5.73 Å². The smallest absolute Gasteiger partial charge is 0.292 e. The molecule has 0 saturated carbocycles. The number of benzene rings is 1. The first-order chi connectivity index (χ1) is 8.04. The quantitative estimate of drug-likeness (QED) is 0.860. The number of anilines is 1. The maximum atomic E-state index is 5.63. The van der Waals surface area contributed by atoms with Crippen LogP contribution in [0.2, 0.25) is 0 Å². The number of nitrogens with two attached hydrogens (primary N) is 1. The van der Waals surface area contributed by atoms with E-state index in [0.29, 0.717) is 0 Å². The van der Waals surface area contributed by atoms with Crippen molar-refractivity contribution in [1.82, 2.24) is 4.98 Å². The van der Waals surface area contributed by atoms with Crippen molar-refractivity contribution in [1.29, 1.82) is 0 Å². The van der Waals surface area contributed by atoms with Gasteiger partial charge >= 0.3 is 0 Å². The topological polar surface area (TPSA) is 52.0 Å². The van der Waals surface area contributed by atoms with Gasteiger partial charge in [0.1, 0.15) is 11.5 Å². The lowest BCUT2D eigenvalue weighted by Crippen LogP contribution is -1.93. The minimum Gasteiger partial charge on any atom is -0.428 e. The highest BCUT2D eigenvalue weighted by Gasteiger charge is 2.15. The van der Waals surface area contributed by atoms with Crippen LogP contribution in [-0.2, 0) is 6.42 Å². The molecule has 2 rings (SSSR count). The molecular formula is C14H18N2O. The average Bonchev–Trinajstić information content (AvgIpc) is 2.67. The molecular weight excluding hydrogens is 212 g/mol. The number of aryl methyl sites for hydroxylation is 2. The molecule has 2 N–H and O–H groups in total. The van der Waals surface area contributed by atoms with Gasteiger partial charge in [0.25, 0.3) is 6.01 Å². The number of oxazole rings is 1. The zero-order chi connectivity index (χ0) is 12.6. The molecule has 2 aromatic rings. The first kappa shape index (κ1) is 11.7. The van der Waals surface area contributed by atoms with E-state index in [1.54, 1.807) is 0 Å². The molecule has 0 unspecified atom stereocenters. The number of hydrogen-bond acceptors (Lipinski definition) is 3. The van der Waals surface area contributed by atoms with Gasteiger partial charge in [-0.1, -0.05) is 19.1 Å². The van der Waals surface area contributed by atoms with Gasteiger partial charge in [0, 0.05) is 12.0 Å². The zero-order valence-electron chi connectivity index (χ0n) is 10.8. The average molecular weight is 230 g/mol. The van der Waals surface area contributed by atoms with Crippen LogP contribution in [0.4, 0.5) is 6.01 Å². The Labute approximate surface area is 102 Å². The van der Waals surface area contributed by atoms with Gasteiger partial charge in [-0.25, -0.2) is 0 Å². The van der Waals surface area contributed by atoms with Crippen LogP contribution in [0.1, 0.15) is 29.4 Å². The van der Waals surface area contributed by atoms with E-state index >= 15 is 0 Å². The van der Waals surface area contributed by atoms with Crippen molar-refractivity contribution in [3.8, 4) is 11.3 Å². The molecule has 0 atom stereocenters. The molecule has 1 aromatic carbocycles. The molecule has 0 aliphatic heterocycles. The summed E-state index contributed by atoms with van der Waals surface area (Å²) < 4.78 is 5.41. The summed E-state index contributed by atoms with van der Waals surface area (Å²) >= 11 is 0. The molecule has 0 bridgehead atoms. The molecule has 1 heterocycles. The molecule has 0 radical (unpaired) electrons. The molecule has 0 fully saturated rings. The fourth-order valence-electron chi connectivity index (χ4n) is 2.03. The van der Waals surface area contributed by atoms with E-state index in [2.05, 4.69) is 37.9 Å². The Bertz CT molecular complexity index is 556. The maximum Gasteiger partial charge on any atom is 0.292 e. The Morgan fingerprint density at radius 3 is 2.53 bits per heavy atom. The minimum atomic E-state index is 0.245. The summed E-state index contributed by atoms with van der Waals surface area (Å²) in [5, 5.41) is 0. The number of hydrogen-bond donors (Lipinski definition) is 1. The van der Waals surface area contributed by atoms with Crippen LogP contribution in [0.25, 0.3) is 11.3 Å². The van der Waals surface area contributed by atoms with E-state index in [-0.39, 0.29) is 6.01 Å². The Kier molecular flexibility index (Phi) is 2.92. The lowest BCUT2D eigenvalue weighted by Gasteiger charge is -2.09. The summed E-state index contributed by atoms with van der Waals surface area (Å²) in [5.41, 5.74) is 11.5. The van der Waals surface area contributed by atoms with Gasteiger partial charge in [0.15, 0.2) is 0 Å². The van der Waals surface area contributed by atoms with Gasteiger partial charge in [0.05, 0.1) is 0 Å². The molecule has 3 nitrogen and oxygen atoms in total. The van der Waals surface area contributed by atoms with E-state index in [0.717, 1.165) is 23.4 Å². The van der Waals surface area contributed by atoms with Crippen LogP contribution in [0.5, 0.6) is 0 Å². The predicted molar refractivity (Wildman–Crippen MR) is 69.9 cm³/mol. The second-order valence-corrected chi connectivity index (χ2v) is 4.36. The van der Waals surface area contributed by atoms with Crippen molar-refractivity contribution in [3.05, 3.63) is 34.6 Å². The molecule has 17 heavy (non-hydrogen) atoms. The number of aromatic nitrogens is 1. The summed E-state index contributed by atoms with van der Waals surface area (Å²) in [4.78, 5) is 4.29. The van der Waals surface area contributed by atoms with E-state index in [4.69, 9.17) is 10.2 Å². The zero-order valence-corrected chi connectivity index (χ0v) is 10.8. The third-order valence-electron chi connectivity index (χ3n) is 3.35. The number of nitrogens with zero attached hydrogens (tertiary/aromatic N) is 1. The van der Waals surface area contributed by atoms with Gasteiger partial charge in [-0.15, -0.1) is 0 Å². The van der Waals surface area contributed by atoms with Crippen LogP contribution in [0.15, 0.2) is 16.5 Å². The van der Waals surface area contributed by atoms with Gasteiger partial charge in [-0.05, 0) is 37.5 Å². The predicted octanol–water partition coefficient (Wildman–Crippen LogP) is 3.41. The molecule has 0 spiro atoms. The van der Waals surface area contributed by atoms with E-state index in [1.807, 2.05) is 6.92 Å². The van der Waals surface area contributed by atoms with Crippen LogP contribution in [0.3, 0.4) is 0 Å².